The van der Waals surface area contributed by atoms with Crippen LogP contribution in [0.2, 0.25) is 0 Å². The lowest BCUT2D eigenvalue weighted by atomic mass is 10.1. The number of hydrogen-bond acceptors (Lipinski definition) is 9. The van der Waals surface area contributed by atoms with E-state index < -0.39 is 24.2 Å². The zero-order chi connectivity index (χ0) is 18.6. The van der Waals surface area contributed by atoms with E-state index in [1.807, 2.05) is 24.2 Å². The van der Waals surface area contributed by atoms with E-state index in [0.717, 1.165) is 0 Å². The highest BCUT2D eigenvalue weighted by molar-refractivity contribution is 7.13. The van der Waals surface area contributed by atoms with Crippen LogP contribution in [0.15, 0.2) is 30.4 Å². The average molecular weight is 384 g/mol. The Bertz CT molecular complexity index is 1010. The maximum atomic E-state index is 6.14. The molecule has 2 saturated heterocycles. The summed E-state index contributed by atoms with van der Waals surface area (Å²) in [4.78, 5) is 17.2. The van der Waals surface area contributed by atoms with Gasteiger partial charge in [-0.1, -0.05) is 5.92 Å². The summed E-state index contributed by atoms with van der Waals surface area (Å²) in [5.41, 5.74) is 1.29. The number of rotatable bonds is 3. The summed E-state index contributed by atoms with van der Waals surface area (Å²) >= 11 is 1.46. The molecule has 0 aromatic carbocycles. The molecule has 2 aliphatic heterocycles. The summed E-state index contributed by atoms with van der Waals surface area (Å²) in [5, 5.41) is 4.44. The lowest BCUT2D eigenvalue weighted by Crippen LogP contribution is -2.47. The van der Waals surface area contributed by atoms with Crippen molar-refractivity contribution in [1.82, 2.24) is 24.6 Å². The van der Waals surface area contributed by atoms with Crippen molar-refractivity contribution in [2.45, 2.75) is 44.2 Å². The predicted octanol–water partition coefficient (Wildman–Crippen LogP) is 1.43. The second-order valence-electron chi connectivity index (χ2n) is 6.66. The van der Waals surface area contributed by atoms with Gasteiger partial charge in [0.25, 0.3) is 0 Å². The molecule has 0 spiro atoms. The number of ether oxygens (including phenoxy) is 3. The first-order valence-electron chi connectivity index (χ1n) is 8.37. The molecular weight excluding hydrogens is 368 g/mol. The zero-order valence-corrected chi connectivity index (χ0v) is 15.4. The smallest absolute Gasteiger partial charge is 0.207 e. The second-order valence-corrected chi connectivity index (χ2v) is 7.53. The summed E-state index contributed by atoms with van der Waals surface area (Å²) < 4.78 is 20.1. The molecule has 3 aromatic rings. The van der Waals surface area contributed by atoms with Gasteiger partial charge < -0.3 is 14.2 Å². The van der Waals surface area contributed by atoms with Crippen molar-refractivity contribution in [3.63, 3.8) is 0 Å². The number of imidazole rings is 1. The molecule has 2 fully saturated rings. The maximum absolute atomic E-state index is 6.14. The quantitative estimate of drug-likeness (QED) is 0.627. The van der Waals surface area contributed by atoms with Crippen LogP contribution in [-0.2, 0) is 14.2 Å². The topological polar surface area (TPSA) is 87.4 Å². The van der Waals surface area contributed by atoms with Gasteiger partial charge >= 0.3 is 0 Å². The van der Waals surface area contributed by atoms with Crippen molar-refractivity contribution < 1.29 is 14.2 Å². The van der Waals surface area contributed by atoms with Crippen molar-refractivity contribution >= 4 is 27.6 Å². The van der Waals surface area contributed by atoms with Crippen LogP contribution < -0.4 is 5.01 Å². The Morgan fingerprint density at radius 1 is 1.26 bits per heavy atom. The van der Waals surface area contributed by atoms with Crippen LogP contribution in [0.3, 0.4) is 0 Å². The van der Waals surface area contributed by atoms with Gasteiger partial charge in [-0.2, -0.15) is 0 Å². The van der Waals surface area contributed by atoms with Crippen molar-refractivity contribution in [3.05, 3.63) is 30.4 Å². The van der Waals surface area contributed by atoms with Crippen LogP contribution in [-0.4, -0.2) is 54.9 Å². The molecule has 10 heteroatoms. The van der Waals surface area contributed by atoms with E-state index in [9.17, 15) is 0 Å². The van der Waals surface area contributed by atoms with E-state index >= 15 is 0 Å². The van der Waals surface area contributed by atoms with E-state index in [1.54, 1.807) is 23.4 Å². The highest BCUT2D eigenvalue weighted by Gasteiger charge is 2.57. The lowest BCUT2D eigenvalue weighted by Gasteiger charge is -2.32. The summed E-state index contributed by atoms with van der Waals surface area (Å²) in [6.07, 6.45) is 10.3. The monoisotopic (exact) mass is 384 g/mol. The zero-order valence-electron chi connectivity index (χ0n) is 14.6. The Balaban J connectivity index is 1.63. The highest BCUT2D eigenvalue weighted by Crippen LogP contribution is 2.41. The van der Waals surface area contributed by atoms with Crippen molar-refractivity contribution in [3.8, 4) is 12.3 Å². The largest absolute Gasteiger partial charge is 0.341 e. The first kappa shape index (κ1) is 16.6. The molecule has 0 aliphatic carbocycles. The molecule has 5 rings (SSSR count). The number of fused-ring (bicyclic) bond motifs is 2. The third kappa shape index (κ3) is 2.59. The summed E-state index contributed by atoms with van der Waals surface area (Å²) in [5.74, 6) is 1.91. The molecule has 0 N–H and O–H groups in total. The van der Waals surface area contributed by atoms with E-state index in [2.05, 4.69) is 25.9 Å². The van der Waals surface area contributed by atoms with Crippen molar-refractivity contribution in [1.29, 1.82) is 0 Å². The van der Waals surface area contributed by atoms with Gasteiger partial charge in [0, 0.05) is 11.6 Å². The van der Waals surface area contributed by atoms with Gasteiger partial charge in [0.1, 0.15) is 36.5 Å². The molecule has 2 aliphatic rings. The number of aromatic nitrogens is 5. The lowest BCUT2D eigenvalue weighted by molar-refractivity contribution is -0.181. The van der Waals surface area contributed by atoms with Crippen LogP contribution in [0, 0.1) is 12.3 Å². The number of nitrogens with zero attached hydrogens (tertiary/aromatic N) is 6. The Hall–Kier alpha value is -2.58. The molecule has 0 unspecified atom stereocenters. The van der Waals surface area contributed by atoms with Gasteiger partial charge in [0.05, 0.1) is 6.20 Å². The Morgan fingerprint density at radius 2 is 2.11 bits per heavy atom. The van der Waals surface area contributed by atoms with Gasteiger partial charge in [-0.3, -0.25) is 0 Å². The molecule has 0 saturated carbocycles. The maximum Gasteiger partial charge on any atom is 0.207 e. The minimum Gasteiger partial charge on any atom is -0.341 e. The minimum atomic E-state index is -0.750. The summed E-state index contributed by atoms with van der Waals surface area (Å²) in [6.45, 7) is 3.73. The Labute approximate surface area is 158 Å². The van der Waals surface area contributed by atoms with Crippen LogP contribution >= 0.6 is 11.3 Å². The molecule has 0 radical (unpaired) electrons. The standard InChI is InChI=1S/C17H16N6O3S/c1-4-11-12-13(26-17(2,3)25-12)15(24-11)23(16-19-5-6-27-16)22-9-21-10-7-18-8-20-14(10)22/h1,5-9,11-13,15H,2-3H3/t11-,12-,13-,15-/m1/s1. The third-order valence-corrected chi connectivity index (χ3v) is 5.24. The normalized spacial score (nSPS) is 28.9. The van der Waals surface area contributed by atoms with Gasteiger partial charge in [-0.25, -0.2) is 29.6 Å². The van der Waals surface area contributed by atoms with Crippen LogP contribution in [0.4, 0.5) is 5.13 Å². The number of terminal acetylenes is 1. The molecule has 0 amide bonds. The van der Waals surface area contributed by atoms with Gasteiger partial charge in [0.15, 0.2) is 17.7 Å². The van der Waals surface area contributed by atoms with Crippen LogP contribution in [0.1, 0.15) is 13.8 Å². The van der Waals surface area contributed by atoms with E-state index in [4.69, 9.17) is 20.6 Å². The first-order chi connectivity index (χ1) is 13.1. The van der Waals surface area contributed by atoms with E-state index in [-0.39, 0.29) is 6.10 Å². The Morgan fingerprint density at radius 3 is 2.89 bits per heavy atom. The number of thiazole rings is 1. The fourth-order valence-electron chi connectivity index (χ4n) is 3.47. The van der Waals surface area contributed by atoms with Gasteiger partial charge in [-0.05, 0) is 13.8 Å². The minimum absolute atomic E-state index is 0.373. The van der Waals surface area contributed by atoms with Gasteiger partial charge in [0.2, 0.25) is 5.13 Å². The second kappa shape index (κ2) is 5.97. The molecule has 0 bridgehead atoms. The molecule has 9 nitrogen and oxygen atoms in total. The summed E-state index contributed by atoms with van der Waals surface area (Å²) in [6, 6.07) is 0. The van der Waals surface area contributed by atoms with E-state index in [1.165, 1.54) is 17.7 Å². The Kier molecular flexibility index (Phi) is 3.66. The van der Waals surface area contributed by atoms with Crippen LogP contribution in [0.5, 0.6) is 0 Å². The highest BCUT2D eigenvalue weighted by atomic mass is 32.1. The van der Waals surface area contributed by atoms with E-state index in [0.29, 0.717) is 16.3 Å². The molecule has 27 heavy (non-hydrogen) atoms. The molecule has 3 aromatic heterocycles. The predicted molar refractivity (Wildman–Crippen MR) is 96.6 cm³/mol. The van der Waals surface area contributed by atoms with Crippen molar-refractivity contribution in [2.24, 2.45) is 0 Å². The van der Waals surface area contributed by atoms with Crippen molar-refractivity contribution in [2.75, 3.05) is 5.01 Å². The van der Waals surface area contributed by atoms with Gasteiger partial charge in [-0.15, -0.1) is 17.8 Å². The molecule has 5 heterocycles. The van der Waals surface area contributed by atoms with Crippen LogP contribution in [0.25, 0.3) is 11.2 Å². The molecule has 138 valence electrons. The fourth-order valence-corrected chi connectivity index (χ4v) is 4.14. The number of hydrogen-bond donors (Lipinski definition) is 0. The number of anilines is 1. The fraction of sp³-hybridized carbons (Fsp3) is 0.412. The molecule has 4 atom stereocenters. The SMILES string of the molecule is C#C[C@H]1O[C@@H](N(c2nccs2)n2cnc3cncnc32)[C@@H]2OC(C)(C)O[C@@H]21. The molecular formula is C17H16N6O3S. The first-order valence-corrected chi connectivity index (χ1v) is 9.25. The summed E-state index contributed by atoms with van der Waals surface area (Å²) in [7, 11) is 0. The third-order valence-electron chi connectivity index (χ3n) is 4.48. The average Bonchev–Trinajstić information content (AvgIpc) is 3.41.